The van der Waals surface area contributed by atoms with E-state index in [4.69, 9.17) is 17.3 Å². The Morgan fingerprint density at radius 3 is 2.94 bits per heavy atom. The van der Waals surface area contributed by atoms with E-state index in [9.17, 15) is 4.79 Å². The van der Waals surface area contributed by atoms with Gasteiger partial charge in [-0.2, -0.15) is 0 Å². The van der Waals surface area contributed by atoms with Crippen molar-refractivity contribution in [1.82, 2.24) is 0 Å². The topological polar surface area (TPSA) is 43.1 Å². The van der Waals surface area contributed by atoms with Gasteiger partial charge in [-0.25, -0.2) is 0 Å². The van der Waals surface area contributed by atoms with Gasteiger partial charge in [0.05, 0.1) is 0 Å². The molecule has 0 aliphatic carbocycles. The number of thioether (sulfide) groups is 1. The van der Waals surface area contributed by atoms with Gasteiger partial charge in [0.2, 0.25) is 0 Å². The summed E-state index contributed by atoms with van der Waals surface area (Å²) in [5.74, 6) is 0.805. The van der Waals surface area contributed by atoms with Gasteiger partial charge in [0, 0.05) is 23.4 Å². The van der Waals surface area contributed by atoms with Crippen molar-refractivity contribution in [3.05, 3.63) is 34.9 Å². The van der Waals surface area contributed by atoms with Crippen LogP contribution in [0.15, 0.2) is 24.3 Å². The van der Waals surface area contributed by atoms with Gasteiger partial charge >= 0.3 is 0 Å². The van der Waals surface area contributed by atoms with Gasteiger partial charge in [0.25, 0.3) is 0 Å². The molecule has 1 aromatic carbocycles. The van der Waals surface area contributed by atoms with E-state index < -0.39 is 0 Å². The molecule has 0 heterocycles. The molecular weight excluding hydrogens is 242 g/mol. The van der Waals surface area contributed by atoms with Crippen molar-refractivity contribution in [3.63, 3.8) is 0 Å². The Bertz CT molecular complexity index is 404. The highest BCUT2D eigenvalue weighted by atomic mass is 35.5. The third-order valence-corrected chi connectivity index (χ3v) is 3.02. The summed E-state index contributed by atoms with van der Waals surface area (Å²) >= 11 is 7.12. The number of benzene rings is 1. The molecule has 2 nitrogen and oxygen atoms in total. The van der Waals surface area contributed by atoms with Gasteiger partial charge in [-0.05, 0) is 24.1 Å². The second kappa shape index (κ2) is 6.61. The summed E-state index contributed by atoms with van der Waals surface area (Å²) in [6.45, 7) is 1.57. The fourth-order valence-corrected chi connectivity index (χ4v) is 1.90. The number of carbonyl (C=O) groups excluding carboxylic acids is 1. The summed E-state index contributed by atoms with van der Waals surface area (Å²) in [5, 5.41) is 0.793. The molecule has 0 unspecified atom stereocenters. The lowest BCUT2D eigenvalue weighted by atomic mass is 10.1. The number of hydrogen-bond donors (Lipinski definition) is 1. The highest BCUT2D eigenvalue weighted by Crippen LogP contribution is 2.19. The quantitative estimate of drug-likeness (QED) is 0.660. The Morgan fingerprint density at radius 2 is 2.31 bits per heavy atom. The summed E-state index contributed by atoms with van der Waals surface area (Å²) in [6.07, 6.45) is 4.81. The number of nitrogens with two attached hydrogens (primary N) is 1. The van der Waals surface area contributed by atoms with Gasteiger partial charge in [-0.15, -0.1) is 0 Å². The molecule has 1 aromatic rings. The number of halogens is 1. The van der Waals surface area contributed by atoms with E-state index in [1.807, 2.05) is 24.3 Å². The number of nitrogen functional groups attached to an aromatic ring is 1. The van der Waals surface area contributed by atoms with Crippen LogP contribution in [0.1, 0.15) is 18.9 Å². The van der Waals surface area contributed by atoms with E-state index in [-0.39, 0.29) is 5.12 Å². The zero-order valence-electron chi connectivity index (χ0n) is 9.07. The van der Waals surface area contributed by atoms with Crippen molar-refractivity contribution in [2.24, 2.45) is 0 Å². The lowest BCUT2D eigenvalue weighted by Crippen LogP contribution is -1.88. The molecule has 0 saturated heterocycles. The van der Waals surface area contributed by atoms with E-state index in [1.165, 1.54) is 11.8 Å². The smallest absolute Gasteiger partial charge is 0.185 e. The fourth-order valence-electron chi connectivity index (χ4n) is 1.18. The van der Waals surface area contributed by atoms with Crippen molar-refractivity contribution in [1.29, 1.82) is 0 Å². The third-order valence-electron chi connectivity index (χ3n) is 1.94. The standard InChI is InChI=1S/C12H14ClNOS/c1-9(15)16-7-3-2-4-10-5-6-11(13)8-12(10)14/h2,4-6,8H,3,7,14H2,1H3. The Balaban J connectivity index is 2.47. The molecule has 0 radical (unpaired) electrons. The van der Waals surface area contributed by atoms with Gasteiger partial charge in [0.1, 0.15) is 0 Å². The zero-order chi connectivity index (χ0) is 12.0. The van der Waals surface area contributed by atoms with E-state index in [0.29, 0.717) is 10.7 Å². The molecule has 0 atom stereocenters. The van der Waals surface area contributed by atoms with Crippen LogP contribution >= 0.6 is 23.4 Å². The minimum Gasteiger partial charge on any atom is -0.398 e. The van der Waals surface area contributed by atoms with Crippen LogP contribution < -0.4 is 5.73 Å². The lowest BCUT2D eigenvalue weighted by molar-refractivity contribution is -0.109. The normalized spacial score (nSPS) is 10.9. The highest BCUT2D eigenvalue weighted by Gasteiger charge is 1.96. The van der Waals surface area contributed by atoms with Crippen LogP contribution in [0.25, 0.3) is 6.08 Å². The van der Waals surface area contributed by atoms with E-state index in [0.717, 1.165) is 17.7 Å². The average Bonchev–Trinajstić information content (AvgIpc) is 2.20. The fraction of sp³-hybridized carbons (Fsp3) is 0.250. The molecule has 0 fully saturated rings. The highest BCUT2D eigenvalue weighted by molar-refractivity contribution is 8.13. The van der Waals surface area contributed by atoms with E-state index in [2.05, 4.69) is 0 Å². The monoisotopic (exact) mass is 255 g/mol. The second-order valence-electron chi connectivity index (χ2n) is 3.30. The Morgan fingerprint density at radius 1 is 1.56 bits per heavy atom. The molecule has 16 heavy (non-hydrogen) atoms. The van der Waals surface area contributed by atoms with Crippen LogP contribution in [0.4, 0.5) is 5.69 Å². The molecule has 86 valence electrons. The van der Waals surface area contributed by atoms with Crippen molar-refractivity contribution >= 4 is 40.2 Å². The van der Waals surface area contributed by atoms with E-state index in [1.54, 1.807) is 13.0 Å². The molecule has 0 aromatic heterocycles. The predicted octanol–water partition coefficient (Wildman–Crippen LogP) is 3.61. The van der Waals surface area contributed by atoms with E-state index >= 15 is 0 Å². The average molecular weight is 256 g/mol. The molecule has 0 amide bonds. The number of anilines is 1. The molecule has 0 spiro atoms. The van der Waals surface area contributed by atoms with Crippen molar-refractivity contribution in [2.45, 2.75) is 13.3 Å². The summed E-state index contributed by atoms with van der Waals surface area (Å²) in [6, 6.07) is 5.42. The minimum absolute atomic E-state index is 0.152. The molecule has 0 saturated carbocycles. The molecule has 4 heteroatoms. The van der Waals surface area contributed by atoms with Gasteiger partial charge in [-0.3, -0.25) is 4.79 Å². The van der Waals surface area contributed by atoms with Crippen LogP contribution in [0, 0.1) is 0 Å². The summed E-state index contributed by atoms with van der Waals surface area (Å²) in [4.78, 5) is 10.7. The maximum atomic E-state index is 10.7. The second-order valence-corrected chi connectivity index (χ2v) is 5.01. The first-order valence-corrected chi connectivity index (χ1v) is 6.31. The summed E-state index contributed by atoms with van der Waals surface area (Å²) < 4.78 is 0. The minimum atomic E-state index is 0.152. The molecule has 0 bridgehead atoms. The molecule has 1 rings (SSSR count). The first kappa shape index (κ1) is 13.1. The van der Waals surface area contributed by atoms with Crippen LogP contribution in [0.5, 0.6) is 0 Å². The lowest BCUT2D eigenvalue weighted by Gasteiger charge is -2.00. The largest absolute Gasteiger partial charge is 0.398 e. The molecule has 2 N–H and O–H groups in total. The van der Waals surface area contributed by atoms with Crippen LogP contribution in [-0.2, 0) is 4.79 Å². The van der Waals surface area contributed by atoms with Gasteiger partial charge in [-0.1, -0.05) is 41.6 Å². The number of allylic oxidation sites excluding steroid dienone is 1. The van der Waals surface area contributed by atoms with Crippen molar-refractivity contribution in [2.75, 3.05) is 11.5 Å². The summed E-state index contributed by atoms with van der Waals surface area (Å²) in [7, 11) is 0. The number of rotatable bonds is 4. The van der Waals surface area contributed by atoms with Crippen LogP contribution in [-0.4, -0.2) is 10.9 Å². The molecular formula is C12H14ClNOS. The Labute approximate surface area is 105 Å². The summed E-state index contributed by atoms with van der Waals surface area (Å²) in [5.41, 5.74) is 7.41. The van der Waals surface area contributed by atoms with Crippen LogP contribution in [0.2, 0.25) is 5.02 Å². The number of hydrogen-bond acceptors (Lipinski definition) is 3. The van der Waals surface area contributed by atoms with Gasteiger partial charge in [0.15, 0.2) is 5.12 Å². The van der Waals surface area contributed by atoms with Crippen molar-refractivity contribution < 1.29 is 4.79 Å². The molecule has 0 aliphatic rings. The Kier molecular flexibility index (Phi) is 5.43. The maximum absolute atomic E-state index is 10.7. The first-order chi connectivity index (χ1) is 7.59. The van der Waals surface area contributed by atoms with Gasteiger partial charge < -0.3 is 5.73 Å². The predicted molar refractivity (Wildman–Crippen MR) is 72.7 cm³/mol. The Hall–Kier alpha value is -0.930. The zero-order valence-corrected chi connectivity index (χ0v) is 10.6. The SMILES string of the molecule is CC(=O)SCCC=Cc1ccc(Cl)cc1N. The first-order valence-electron chi connectivity index (χ1n) is 4.94. The third kappa shape index (κ3) is 4.73. The van der Waals surface area contributed by atoms with Crippen molar-refractivity contribution in [3.8, 4) is 0 Å². The molecule has 0 aliphatic heterocycles. The van der Waals surface area contributed by atoms with Crippen LogP contribution in [0.3, 0.4) is 0 Å². The number of carbonyl (C=O) groups is 1. The maximum Gasteiger partial charge on any atom is 0.185 e.